The van der Waals surface area contributed by atoms with E-state index in [1.807, 2.05) is 0 Å². The van der Waals surface area contributed by atoms with Gasteiger partial charge in [0.25, 0.3) is 5.69 Å². The van der Waals surface area contributed by atoms with E-state index in [0.717, 1.165) is 19.3 Å². The number of carbonyl (C=O) groups is 1. The Morgan fingerprint density at radius 3 is 2.67 bits per heavy atom. The normalized spacial score (nSPS) is 27.6. The maximum absolute atomic E-state index is 12.7. The Hall–Kier alpha value is -1.37. The summed E-state index contributed by atoms with van der Waals surface area (Å²) in [6, 6.07) is 4.22. The molecule has 1 aromatic rings. The van der Waals surface area contributed by atoms with E-state index in [2.05, 4.69) is 0 Å². The molecular formula is C16H21Cl2N3O3. The standard InChI is InChI=1S/C16H20ClN3O3.ClH/c1-19(8-11-7-12(20(22)23)4-5-13(11)17)16(21)14-9-2-3-10(6-9)15(14)18;/h4-5,7,9-10,14-15H,2-3,6,8,18H2,1H3;1H. The predicted octanol–water partition coefficient (Wildman–Crippen LogP) is 3.00. The molecule has 0 aliphatic heterocycles. The van der Waals surface area contributed by atoms with Crippen LogP contribution in [0.25, 0.3) is 0 Å². The van der Waals surface area contributed by atoms with Gasteiger partial charge in [-0.05, 0) is 42.7 Å². The molecule has 2 bridgehead atoms. The van der Waals surface area contributed by atoms with Crippen LogP contribution in [0.3, 0.4) is 0 Å². The Kier molecular flexibility index (Phi) is 5.73. The fourth-order valence-corrected chi connectivity index (χ4v) is 4.26. The van der Waals surface area contributed by atoms with Gasteiger partial charge in [0, 0.05) is 36.8 Å². The monoisotopic (exact) mass is 373 g/mol. The highest BCUT2D eigenvalue weighted by molar-refractivity contribution is 6.31. The van der Waals surface area contributed by atoms with Crippen LogP contribution in [0.2, 0.25) is 5.02 Å². The first-order valence-electron chi connectivity index (χ1n) is 7.82. The number of halogens is 2. The highest BCUT2D eigenvalue weighted by Gasteiger charge is 2.49. The minimum atomic E-state index is -0.465. The van der Waals surface area contributed by atoms with Crippen molar-refractivity contribution in [3.8, 4) is 0 Å². The fraction of sp³-hybridized carbons (Fsp3) is 0.562. The van der Waals surface area contributed by atoms with Gasteiger partial charge in [-0.2, -0.15) is 0 Å². The van der Waals surface area contributed by atoms with Gasteiger partial charge >= 0.3 is 0 Å². The number of rotatable bonds is 4. The molecule has 4 unspecified atom stereocenters. The Morgan fingerprint density at radius 1 is 1.42 bits per heavy atom. The fourth-order valence-electron chi connectivity index (χ4n) is 4.09. The number of benzene rings is 1. The third kappa shape index (κ3) is 3.36. The molecule has 3 rings (SSSR count). The Labute approximate surface area is 151 Å². The smallest absolute Gasteiger partial charge is 0.269 e. The topological polar surface area (TPSA) is 89.5 Å². The summed E-state index contributed by atoms with van der Waals surface area (Å²) in [4.78, 5) is 24.8. The number of amides is 1. The van der Waals surface area contributed by atoms with Gasteiger partial charge in [-0.1, -0.05) is 11.6 Å². The van der Waals surface area contributed by atoms with E-state index < -0.39 is 4.92 Å². The lowest BCUT2D eigenvalue weighted by atomic mass is 9.84. The van der Waals surface area contributed by atoms with Gasteiger partial charge in [0.1, 0.15) is 0 Å². The number of nitro groups is 1. The summed E-state index contributed by atoms with van der Waals surface area (Å²) in [5.41, 5.74) is 6.78. The number of carbonyl (C=O) groups excluding carboxylic acids is 1. The van der Waals surface area contributed by atoms with E-state index in [1.54, 1.807) is 11.9 Å². The molecule has 0 saturated heterocycles. The number of hydrogen-bond donors (Lipinski definition) is 1. The summed E-state index contributed by atoms with van der Waals surface area (Å²) >= 11 is 6.12. The van der Waals surface area contributed by atoms with Crippen molar-refractivity contribution in [2.45, 2.75) is 31.8 Å². The van der Waals surface area contributed by atoms with Crippen LogP contribution < -0.4 is 5.73 Å². The zero-order valence-corrected chi connectivity index (χ0v) is 14.9. The number of non-ortho nitro benzene ring substituents is 1. The molecule has 1 aromatic carbocycles. The Bertz CT molecular complexity index is 653. The number of hydrogen-bond acceptors (Lipinski definition) is 4. The van der Waals surface area contributed by atoms with E-state index in [4.69, 9.17) is 17.3 Å². The second kappa shape index (κ2) is 7.25. The Balaban J connectivity index is 0.00000208. The molecular weight excluding hydrogens is 353 g/mol. The van der Waals surface area contributed by atoms with Crippen molar-refractivity contribution in [1.29, 1.82) is 0 Å². The molecule has 132 valence electrons. The van der Waals surface area contributed by atoms with Gasteiger partial charge in [0.05, 0.1) is 10.8 Å². The SMILES string of the molecule is CN(Cc1cc([N+](=O)[O-])ccc1Cl)C(=O)C1C2CCC(C2)C1N.Cl. The van der Waals surface area contributed by atoms with Crippen molar-refractivity contribution >= 4 is 35.6 Å². The zero-order chi connectivity index (χ0) is 16.7. The summed E-state index contributed by atoms with van der Waals surface area (Å²) in [7, 11) is 1.70. The average molecular weight is 374 g/mol. The second-order valence-corrected chi connectivity index (χ2v) is 7.07. The molecule has 4 atom stereocenters. The quantitative estimate of drug-likeness (QED) is 0.648. The van der Waals surface area contributed by atoms with Crippen LogP contribution >= 0.6 is 24.0 Å². The minimum Gasteiger partial charge on any atom is -0.341 e. The predicted molar refractivity (Wildman–Crippen MR) is 94.1 cm³/mol. The summed E-state index contributed by atoms with van der Waals surface area (Å²) in [5.74, 6) is 0.734. The molecule has 2 N–H and O–H groups in total. The van der Waals surface area contributed by atoms with Gasteiger partial charge in [-0.3, -0.25) is 14.9 Å². The van der Waals surface area contributed by atoms with Crippen molar-refractivity contribution in [1.82, 2.24) is 4.90 Å². The molecule has 8 heteroatoms. The van der Waals surface area contributed by atoms with Crippen molar-refractivity contribution in [2.24, 2.45) is 23.5 Å². The maximum Gasteiger partial charge on any atom is 0.269 e. The van der Waals surface area contributed by atoms with Crippen LogP contribution in [-0.4, -0.2) is 28.8 Å². The summed E-state index contributed by atoms with van der Waals surface area (Å²) in [6.07, 6.45) is 3.24. The molecule has 0 heterocycles. The molecule has 1 amide bonds. The average Bonchev–Trinajstić information content (AvgIpc) is 3.09. The Morgan fingerprint density at radius 2 is 2.08 bits per heavy atom. The molecule has 2 saturated carbocycles. The third-order valence-electron chi connectivity index (χ3n) is 5.29. The molecule has 2 aliphatic rings. The summed E-state index contributed by atoms with van der Waals surface area (Å²) in [6.45, 7) is 0.250. The van der Waals surface area contributed by atoms with Gasteiger partial charge in [-0.25, -0.2) is 0 Å². The van der Waals surface area contributed by atoms with Crippen molar-refractivity contribution in [2.75, 3.05) is 7.05 Å². The number of fused-ring (bicyclic) bond motifs is 2. The molecule has 24 heavy (non-hydrogen) atoms. The zero-order valence-electron chi connectivity index (χ0n) is 13.4. The lowest BCUT2D eigenvalue weighted by Crippen LogP contribution is -2.45. The van der Waals surface area contributed by atoms with E-state index in [9.17, 15) is 14.9 Å². The van der Waals surface area contributed by atoms with Gasteiger partial charge < -0.3 is 10.6 Å². The first-order valence-corrected chi connectivity index (χ1v) is 8.19. The van der Waals surface area contributed by atoms with Crippen LogP contribution in [0.5, 0.6) is 0 Å². The van der Waals surface area contributed by atoms with Gasteiger partial charge in [0.15, 0.2) is 0 Å². The van der Waals surface area contributed by atoms with Crippen LogP contribution in [0, 0.1) is 27.9 Å². The molecule has 6 nitrogen and oxygen atoms in total. The second-order valence-electron chi connectivity index (χ2n) is 6.66. The summed E-state index contributed by atoms with van der Waals surface area (Å²) < 4.78 is 0. The third-order valence-corrected chi connectivity index (χ3v) is 5.66. The number of nitrogens with two attached hydrogens (primary N) is 1. The molecule has 0 spiro atoms. The van der Waals surface area contributed by atoms with Crippen molar-refractivity contribution in [3.63, 3.8) is 0 Å². The van der Waals surface area contributed by atoms with Crippen LogP contribution in [0.4, 0.5) is 5.69 Å². The van der Waals surface area contributed by atoms with Crippen molar-refractivity contribution < 1.29 is 9.72 Å². The first kappa shape index (κ1) is 19.0. The lowest BCUT2D eigenvalue weighted by Gasteiger charge is -2.31. The molecule has 2 fully saturated rings. The first-order chi connectivity index (χ1) is 10.9. The minimum absolute atomic E-state index is 0. The van der Waals surface area contributed by atoms with Crippen molar-refractivity contribution in [3.05, 3.63) is 38.9 Å². The molecule has 2 aliphatic carbocycles. The van der Waals surface area contributed by atoms with Crippen LogP contribution in [0.15, 0.2) is 18.2 Å². The van der Waals surface area contributed by atoms with E-state index in [-0.39, 0.29) is 42.5 Å². The summed E-state index contributed by atoms with van der Waals surface area (Å²) in [5, 5.41) is 11.3. The molecule has 0 radical (unpaired) electrons. The van der Waals surface area contributed by atoms with E-state index in [0.29, 0.717) is 22.4 Å². The van der Waals surface area contributed by atoms with E-state index >= 15 is 0 Å². The molecule has 0 aromatic heterocycles. The lowest BCUT2D eigenvalue weighted by molar-refractivity contribution is -0.384. The highest BCUT2D eigenvalue weighted by Crippen LogP contribution is 2.48. The van der Waals surface area contributed by atoms with Gasteiger partial charge in [0.2, 0.25) is 5.91 Å². The van der Waals surface area contributed by atoms with Crippen LogP contribution in [-0.2, 0) is 11.3 Å². The van der Waals surface area contributed by atoms with Crippen LogP contribution in [0.1, 0.15) is 24.8 Å². The largest absolute Gasteiger partial charge is 0.341 e. The number of nitrogens with zero attached hydrogens (tertiary/aromatic N) is 2. The van der Waals surface area contributed by atoms with Gasteiger partial charge in [-0.15, -0.1) is 12.4 Å². The highest BCUT2D eigenvalue weighted by atomic mass is 35.5. The maximum atomic E-state index is 12.7. The van der Waals surface area contributed by atoms with E-state index in [1.165, 1.54) is 18.2 Å². The number of nitro benzene ring substituents is 1.